The van der Waals surface area contributed by atoms with Crippen LogP contribution in [0.1, 0.15) is 43.4 Å². The minimum absolute atomic E-state index is 0.0871. The van der Waals surface area contributed by atoms with Crippen LogP contribution in [0, 0.1) is 5.82 Å². The van der Waals surface area contributed by atoms with E-state index in [1.807, 2.05) is 18.2 Å². The van der Waals surface area contributed by atoms with E-state index < -0.39 is 0 Å². The number of aryl methyl sites for hydroxylation is 1. The summed E-state index contributed by atoms with van der Waals surface area (Å²) in [6, 6.07) is 10.5. The first kappa shape index (κ1) is 13.8. The van der Waals surface area contributed by atoms with Crippen molar-refractivity contribution in [2.24, 2.45) is 0 Å². The summed E-state index contributed by atoms with van der Waals surface area (Å²) in [6.45, 7) is 5.03. The van der Waals surface area contributed by atoms with Crippen molar-refractivity contribution in [3.8, 4) is 0 Å². The van der Waals surface area contributed by atoms with E-state index >= 15 is 0 Å². The first-order valence-electron chi connectivity index (χ1n) is 6.82. The van der Waals surface area contributed by atoms with E-state index in [1.54, 1.807) is 12.1 Å². The minimum Gasteiger partial charge on any atom is -0.464 e. The monoisotopic (exact) mass is 261 g/mol. The second kappa shape index (κ2) is 6.53. The molecule has 0 fully saturated rings. The molecule has 1 N–H and O–H groups in total. The molecule has 0 aliphatic carbocycles. The quantitative estimate of drug-likeness (QED) is 0.848. The van der Waals surface area contributed by atoms with E-state index in [9.17, 15) is 4.39 Å². The lowest BCUT2D eigenvalue weighted by molar-refractivity contribution is 0.421. The fraction of sp³-hybridized carbons (Fsp3) is 0.375. The van der Waals surface area contributed by atoms with Crippen molar-refractivity contribution in [2.45, 2.75) is 32.7 Å². The Morgan fingerprint density at radius 3 is 2.68 bits per heavy atom. The Balaban J connectivity index is 2.29. The summed E-state index contributed by atoms with van der Waals surface area (Å²) in [5.41, 5.74) is 0.894. The third kappa shape index (κ3) is 3.44. The molecule has 0 bridgehead atoms. The van der Waals surface area contributed by atoms with Gasteiger partial charge in [0.2, 0.25) is 0 Å². The predicted molar refractivity (Wildman–Crippen MR) is 74.6 cm³/mol. The Kier molecular flexibility index (Phi) is 4.74. The highest BCUT2D eigenvalue weighted by Crippen LogP contribution is 2.24. The molecular formula is C16H20FNO. The highest BCUT2D eigenvalue weighted by atomic mass is 19.1. The summed E-state index contributed by atoms with van der Waals surface area (Å²) >= 11 is 0. The Morgan fingerprint density at radius 1 is 1.21 bits per heavy atom. The number of rotatable bonds is 6. The van der Waals surface area contributed by atoms with Crippen LogP contribution in [-0.2, 0) is 6.42 Å². The van der Waals surface area contributed by atoms with E-state index in [2.05, 4.69) is 19.2 Å². The van der Waals surface area contributed by atoms with Crippen molar-refractivity contribution in [3.63, 3.8) is 0 Å². The Labute approximate surface area is 113 Å². The van der Waals surface area contributed by atoms with Crippen LogP contribution in [0.15, 0.2) is 40.8 Å². The van der Waals surface area contributed by atoms with E-state index in [0.717, 1.165) is 36.5 Å². The first-order chi connectivity index (χ1) is 9.24. The van der Waals surface area contributed by atoms with Gasteiger partial charge in [-0.15, -0.1) is 0 Å². The number of benzene rings is 1. The summed E-state index contributed by atoms with van der Waals surface area (Å²) in [5, 5.41) is 3.41. The van der Waals surface area contributed by atoms with Gasteiger partial charge >= 0.3 is 0 Å². The molecule has 102 valence electrons. The van der Waals surface area contributed by atoms with Crippen LogP contribution in [0.5, 0.6) is 0 Å². The van der Waals surface area contributed by atoms with Crippen LogP contribution in [0.4, 0.5) is 4.39 Å². The summed E-state index contributed by atoms with van der Waals surface area (Å²) in [6.07, 6.45) is 1.89. The number of nitrogens with one attached hydrogen (secondary N) is 1. The Bertz CT molecular complexity index is 521. The lowest BCUT2D eigenvalue weighted by Crippen LogP contribution is -2.22. The SMILES string of the molecule is CCCNC(c1cccc(F)c1)c1ccc(CC)o1. The molecule has 1 aromatic carbocycles. The molecule has 2 aromatic rings. The fourth-order valence-electron chi connectivity index (χ4n) is 2.10. The number of halogens is 1. The molecular weight excluding hydrogens is 241 g/mol. The fourth-order valence-corrected chi connectivity index (χ4v) is 2.10. The summed E-state index contributed by atoms with van der Waals surface area (Å²) in [7, 11) is 0. The average Bonchev–Trinajstić information content (AvgIpc) is 2.88. The maximum absolute atomic E-state index is 13.4. The van der Waals surface area contributed by atoms with Gasteiger partial charge in [0.15, 0.2) is 0 Å². The molecule has 0 amide bonds. The zero-order valence-electron chi connectivity index (χ0n) is 11.4. The summed E-state index contributed by atoms with van der Waals surface area (Å²) in [5.74, 6) is 1.58. The Morgan fingerprint density at radius 2 is 2.05 bits per heavy atom. The van der Waals surface area contributed by atoms with Crippen LogP contribution in [0.25, 0.3) is 0 Å². The van der Waals surface area contributed by atoms with Gasteiger partial charge in [-0.3, -0.25) is 0 Å². The lowest BCUT2D eigenvalue weighted by atomic mass is 10.0. The van der Waals surface area contributed by atoms with Gasteiger partial charge < -0.3 is 9.73 Å². The molecule has 0 saturated carbocycles. The molecule has 0 saturated heterocycles. The van der Waals surface area contributed by atoms with Crippen molar-refractivity contribution in [1.82, 2.24) is 5.32 Å². The zero-order chi connectivity index (χ0) is 13.7. The minimum atomic E-state index is -0.219. The van der Waals surface area contributed by atoms with E-state index in [-0.39, 0.29) is 11.9 Å². The molecule has 0 spiro atoms. The van der Waals surface area contributed by atoms with E-state index in [1.165, 1.54) is 6.07 Å². The number of furan rings is 1. The van der Waals surface area contributed by atoms with Gasteiger partial charge in [0, 0.05) is 6.42 Å². The van der Waals surface area contributed by atoms with Crippen molar-refractivity contribution < 1.29 is 8.81 Å². The van der Waals surface area contributed by atoms with Crippen LogP contribution >= 0.6 is 0 Å². The second-order valence-corrected chi connectivity index (χ2v) is 4.60. The molecule has 1 heterocycles. The third-order valence-electron chi connectivity index (χ3n) is 3.10. The van der Waals surface area contributed by atoms with Crippen LogP contribution < -0.4 is 5.32 Å². The molecule has 1 atom stereocenters. The highest BCUT2D eigenvalue weighted by Gasteiger charge is 2.17. The molecule has 0 radical (unpaired) electrons. The molecule has 0 aliphatic rings. The largest absolute Gasteiger partial charge is 0.464 e. The highest BCUT2D eigenvalue weighted by molar-refractivity contribution is 5.28. The van der Waals surface area contributed by atoms with Gasteiger partial charge in [0.05, 0.1) is 6.04 Å². The maximum atomic E-state index is 13.4. The Hall–Kier alpha value is -1.61. The van der Waals surface area contributed by atoms with E-state index in [4.69, 9.17) is 4.42 Å². The second-order valence-electron chi connectivity index (χ2n) is 4.60. The standard InChI is InChI=1S/C16H20FNO/c1-3-10-18-16(12-6-5-7-13(17)11-12)15-9-8-14(4-2)19-15/h5-9,11,16,18H,3-4,10H2,1-2H3. The maximum Gasteiger partial charge on any atom is 0.125 e. The molecule has 1 aromatic heterocycles. The van der Waals surface area contributed by atoms with Gasteiger partial charge in [-0.2, -0.15) is 0 Å². The molecule has 2 nitrogen and oxygen atoms in total. The van der Waals surface area contributed by atoms with Gasteiger partial charge in [-0.1, -0.05) is 26.0 Å². The molecule has 3 heteroatoms. The number of hydrogen-bond donors (Lipinski definition) is 1. The van der Waals surface area contributed by atoms with Crippen molar-refractivity contribution in [2.75, 3.05) is 6.54 Å². The van der Waals surface area contributed by atoms with Crippen LogP contribution in [0.2, 0.25) is 0 Å². The van der Waals surface area contributed by atoms with Gasteiger partial charge in [-0.25, -0.2) is 4.39 Å². The summed E-state index contributed by atoms with van der Waals surface area (Å²) < 4.78 is 19.2. The molecule has 2 rings (SSSR count). The summed E-state index contributed by atoms with van der Waals surface area (Å²) in [4.78, 5) is 0. The van der Waals surface area contributed by atoms with E-state index in [0.29, 0.717) is 0 Å². The smallest absolute Gasteiger partial charge is 0.125 e. The van der Waals surface area contributed by atoms with Gasteiger partial charge in [0.1, 0.15) is 17.3 Å². The lowest BCUT2D eigenvalue weighted by Gasteiger charge is -2.17. The van der Waals surface area contributed by atoms with Gasteiger partial charge in [0.25, 0.3) is 0 Å². The van der Waals surface area contributed by atoms with Crippen LogP contribution in [-0.4, -0.2) is 6.54 Å². The average molecular weight is 261 g/mol. The van der Waals surface area contributed by atoms with Gasteiger partial charge in [-0.05, 0) is 42.8 Å². The number of hydrogen-bond acceptors (Lipinski definition) is 2. The molecule has 19 heavy (non-hydrogen) atoms. The van der Waals surface area contributed by atoms with Crippen LogP contribution in [0.3, 0.4) is 0 Å². The molecule has 0 aliphatic heterocycles. The van der Waals surface area contributed by atoms with Crippen molar-refractivity contribution in [3.05, 3.63) is 59.3 Å². The molecule has 1 unspecified atom stereocenters. The normalized spacial score (nSPS) is 12.6. The topological polar surface area (TPSA) is 25.2 Å². The third-order valence-corrected chi connectivity index (χ3v) is 3.10. The first-order valence-corrected chi connectivity index (χ1v) is 6.82. The zero-order valence-corrected chi connectivity index (χ0v) is 11.4. The predicted octanol–water partition coefficient (Wildman–Crippen LogP) is 4.07. The van der Waals surface area contributed by atoms with Crippen molar-refractivity contribution in [1.29, 1.82) is 0 Å². The van der Waals surface area contributed by atoms with Crippen molar-refractivity contribution >= 4 is 0 Å².